The van der Waals surface area contributed by atoms with Crippen molar-refractivity contribution in [1.29, 1.82) is 0 Å². The first-order valence-corrected chi connectivity index (χ1v) is 3.32. The molecular weight excluding hydrogens is 164 g/mol. The smallest absolute Gasteiger partial charge is 0.261 e. The summed E-state index contributed by atoms with van der Waals surface area (Å²) in [6.45, 7) is 0. The van der Waals surface area contributed by atoms with E-state index in [0.717, 1.165) is 0 Å². The van der Waals surface area contributed by atoms with Crippen LogP contribution in [0, 0.1) is 0 Å². The van der Waals surface area contributed by atoms with Crippen LogP contribution in [0.15, 0.2) is 23.1 Å². The third-order valence-corrected chi connectivity index (χ3v) is 1.34. The fourth-order valence-electron chi connectivity index (χ4n) is 0.650. The molecule has 2 N–H and O–H groups in total. The van der Waals surface area contributed by atoms with Gasteiger partial charge in [0.1, 0.15) is 0 Å². The Bertz CT molecular complexity index is 320. The van der Waals surface area contributed by atoms with E-state index in [1.54, 1.807) is 0 Å². The van der Waals surface area contributed by atoms with Crippen molar-refractivity contribution in [3.05, 3.63) is 34.2 Å². The SMILES string of the molecule is O=C(NS)c1cc[nH]c(=O)c1. The Hall–Kier alpha value is -1.23. The van der Waals surface area contributed by atoms with Crippen molar-refractivity contribution < 1.29 is 4.79 Å². The van der Waals surface area contributed by atoms with Gasteiger partial charge in [0.05, 0.1) is 0 Å². The van der Waals surface area contributed by atoms with Crippen LogP contribution in [-0.4, -0.2) is 10.9 Å². The van der Waals surface area contributed by atoms with Gasteiger partial charge in [0.25, 0.3) is 5.91 Å². The predicted molar refractivity (Wildman–Crippen MR) is 43.5 cm³/mol. The quantitative estimate of drug-likeness (QED) is 0.517. The lowest BCUT2D eigenvalue weighted by Crippen LogP contribution is -2.16. The largest absolute Gasteiger partial charge is 0.329 e. The van der Waals surface area contributed by atoms with Gasteiger partial charge in [-0.1, -0.05) is 12.8 Å². The lowest BCUT2D eigenvalue weighted by Gasteiger charge is -1.94. The molecule has 1 amide bonds. The first-order chi connectivity index (χ1) is 5.24. The Kier molecular flexibility index (Phi) is 2.32. The van der Waals surface area contributed by atoms with Gasteiger partial charge in [0.15, 0.2) is 0 Å². The number of H-pyrrole nitrogens is 1. The van der Waals surface area contributed by atoms with E-state index in [9.17, 15) is 9.59 Å². The minimum absolute atomic E-state index is 0.295. The summed E-state index contributed by atoms with van der Waals surface area (Å²) in [6.07, 6.45) is 1.40. The molecule has 0 atom stereocenters. The molecule has 0 saturated carbocycles. The van der Waals surface area contributed by atoms with E-state index in [0.29, 0.717) is 5.56 Å². The van der Waals surface area contributed by atoms with E-state index < -0.39 is 0 Å². The number of hydrogen-bond donors (Lipinski definition) is 3. The number of thiol groups is 1. The fraction of sp³-hybridized carbons (Fsp3) is 0. The van der Waals surface area contributed by atoms with Gasteiger partial charge in [-0.15, -0.1) is 0 Å². The van der Waals surface area contributed by atoms with Crippen LogP contribution in [0.4, 0.5) is 0 Å². The summed E-state index contributed by atoms with van der Waals surface area (Å²) in [4.78, 5) is 23.9. The second-order valence-electron chi connectivity index (χ2n) is 1.88. The van der Waals surface area contributed by atoms with Crippen LogP contribution in [0.3, 0.4) is 0 Å². The average Bonchev–Trinajstić information content (AvgIpc) is 2.03. The number of aromatic nitrogens is 1. The predicted octanol–water partition coefficient (Wildman–Crippen LogP) is -0.0505. The number of aromatic amines is 1. The molecule has 0 aliphatic heterocycles. The van der Waals surface area contributed by atoms with Crippen molar-refractivity contribution >= 4 is 18.7 Å². The molecular formula is C6H6N2O2S. The molecule has 0 radical (unpaired) electrons. The van der Waals surface area contributed by atoms with Crippen molar-refractivity contribution in [3.63, 3.8) is 0 Å². The molecule has 0 aromatic carbocycles. The standard InChI is InChI=1S/C6H6N2O2S/c9-5-3-4(1-2-7-5)6(10)8-11/h1-3,11H,(H,7,9)(H,8,10). The molecule has 4 nitrogen and oxygen atoms in total. The van der Waals surface area contributed by atoms with E-state index >= 15 is 0 Å². The zero-order chi connectivity index (χ0) is 8.27. The normalized spacial score (nSPS) is 9.18. The van der Waals surface area contributed by atoms with Crippen LogP contribution in [0.1, 0.15) is 10.4 Å². The Balaban J connectivity index is 3.05. The molecule has 5 heteroatoms. The van der Waals surface area contributed by atoms with E-state index in [1.165, 1.54) is 18.3 Å². The first kappa shape index (κ1) is 7.87. The molecule has 58 valence electrons. The lowest BCUT2D eigenvalue weighted by molar-refractivity contribution is 0.0985. The Morgan fingerprint density at radius 3 is 2.91 bits per heavy atom. The Labute approximate surface area is 68.2 Å². The van der Waals surface area contributed by atoms with Crippen molar-refractivity contribution in [3.8, 4) is 0 Å². The summed E-state index contributed by atoms with van der Waals surface area (Å²) in [6, 6.07) is 2.69. The summed E-state index contributed by atoms with van der Waals surface area (Å²) in [5, 5.41) is 0. The zero-order valence-electron chi connectivity index (χ0n) is 5.50. The van der Waals surface area contributed by atoms with Gasteiger partial charge in [-0.3, -0.25) is 14.3 Å². The van der Waals surface area contributed by atoms with Gasteiger partial charge >= 0.3 is 0 Å². The van der Waals surface area contributed by atoms with Crippen LogP contribution in [0.2, 0.25) is 0 Å². The van der Waals surface area contributed by atoms with Gasteiger partial charge in [-0.2, -0.15) is 0 Å². The van der Waals surface area contributed by atoms with Crippen LogP contribution in [0.5, 0.6) is 0 Å². The van der Waals surface area contributed by atoms with Crippen LogP contribution in [0.25, 0.3) is 0 Å². The highest BCUT2D eigenvalue weighted by molar-refractivity contribution is 7.78. The van der Waals surface area contributed by atoms with Gasteiger partial charge in [0.2, 0.25) is 5.56 Å². The third kappa shape index (κ3) is 1.84. The molecule has 0 spiro atoms. The number of amides is 1. The summed E-state index contributed by atoms with van der Waals surface area (Å²) in [5.41, 5.74) is -0.0109. The lowest BCUT2D eigenvalue weighted by atomic mass is 10.3. The first-order valence-electron chi connectivity index (χ1n) is 2.87. The van der Waals surface area contributed by atoms with E-state index in [1.807, 2.05) is 0 Å². The highest BCUT2D eigenvalue weighted by Crippen LogP contribution is 1.91. The molecule has 0 unspecified atom stereocenters. The van der Waals surface area contributed by atoms with E-state index in [-0.39, 0.29) is 11.5 Å². The van der Waals surface area contributed by atoms with Crippen molar-refractivity contribution in [2.75, 3.05) is 0 Å². The number of carbonyl (C=O) groups is 1. The maximum atomic E-state index is 10.8. The Morgan fingerprint density at radius 1 is 1.64 bits per heavy atom. The summed E-state index contributed by atoms with van der Waals surface area (Å²) < 4.78 is 2.11. The zero-order valence-corrected chi connectivity index (χ0v) is 6.39. The number of pyridine rings is 1. The van der Waals surface area contributed by atoms with Crippen LogP contribution >= 0.6 is 12.8 Å². The topological polar surface area (TPSA) is 62.0 Å². The third-order valence-electron chi connectivity index (χ3n) is 1.14. The molecule has 1 aromatic rings. The molecule has 0 aliphatic carbocycles. The van der Waals surface area contributed by atoms with Gasteiger partial charge in [-0.05, 0) is 6.07 Å². The summed E-state index contributed by atoms with van der Waals surface area (Å²) in [7, 11) is 0. The molecule has 0 fully saturated rings. The molecule has 1 aromatic heterocycles. The molecule has 0 aliphatic rings. The summed E-state index contributed by atoms with van der Waals surface area (Å²) in [5.74, 6) is -0.389. The molecule has 1 rings (SSSR count). The molecule has 0 saturated heterocycles. The number of hydrogen-bond acceptors (Lipinski definition) is 3. The average molecular weight is 170 g/mol. The highest BCUT2D eigenvalue weighted by Gasteiger charge is 2.01. The number of nitrogens with one attached hydrogen (secondary N) is 2. The van der Waals surface area contributed by atoms with Crippen LogP contribution < -0.4 is 10.3 Å². The minimum Gasteiger partial charge on any atom is -0.329 e. The molecule has 0 bridgehead atoms. The van der Waals surface area contributed by atoms with Crippen molar-refractivity contribution in [2.45, 2.75) is 0 Å². The van der Waals surface area contributed by atoms with Gasteiger partial charge < -0.3 is 4.98 Å². The van der Waals surface area contributed by atoms with Gasteiger partial charge in [-0.25, -0.2) is 0 Å². The van der Waals surface area contributed by atoms with E-state index in [4.69, 9.17) is 0 Å². The minimum atomic E-state index is -0.389. The monoisotopic (exact) mass is 170 g/mol. The van der Waals surface area contributed by atoms with Crippen LogP contribution in [-0.2, 0) is 0 Å². The second-order valence-corrected chi connectivity index (χ2v) is 2.11. The Morgan fingerprint density at radius 2 is 2.36 bits per heavy atom. The van der Waals surface area contributed by atoms with Gasteiger partial charge in [0, 0.05) is 17.8 Å². The fourth-order valence-corrected chi connectivity index (χ4v) is 0.779. The van der Waals surface area contributed by atoms with E-state index in [2.05, 4.69) is 22.5 Å². The maximum absolute atomic E-state index is 10.8. The second kappa shape index (κ2) is 3.25. The number of carbonyl (C=O) groups excluding carboxylic acids is 1. The highest BCUT2D eigenvalue weighted by atomic mass is 32.1. The van der Waals surface area contributed by atoms with Crippen molar-refractivity contribution in [1.82, 2.24) is 9.71 Å². The number of rotatable bonds is 1. The van der Waals surface area contributed by atoms with Crippen molar-refractivity contribution in [2.24, 2.45) is 0 Å². The summed E-state index contributed by atoms with van der Waals surface area (Å²) >= 11 is 3.55. The molecule has 1 heterocycles. The molecule has 11 heavy (non-hydrogen) atoms. The maximum Gasteiger partial charge on any atom is 0.261 e.